The molecular formula is C7H15N3O4. The van der Waals surface area contributed by atoms with Crippen LogP contribution in [0.15, 0.2) is 0 Å². The summed E-state index contributed by atoms with van der Waals surface area (Å²) in [6.07, 6.45) is 0.653. The summed E-state index contributed by atoms with van der Waals surface area (Å²) in [7, 11) is 1.61. The van der Waals surface area contributed by atoms with Gasteiger partial charge in [0.2, 0.25) is 5.91 Å². The summed E-state index contributed by atoms with van der Waals surface area (Å²) in [5, 5.41) is 12.9. The molecule has 5 N–H and O–H groups in total. The number of likely N-dealkylation sites (N-methyl/N-ethyl adjacent to an activating group) is 1. The van der Waals surface area contributed by atoms with E-state index < -0.39 is 5.97 Å². The van der Waals surface area contributed by atoms with E-state index in [1.54, 1.807) is 7.05 Å². The van der Waals surface area contributed by atoms with E-state index >= 15 is 0 Å². The smallest absolute Gasteiger partial charge is 0.322 e. The Morgan fingerprint density at radius 1 is 1.43 bits per heavy atom. The molecule has 7 nitrogen and oxygen atoms in total. The van der Waals surface area contributed by atoms with Crippen LogP contribution in [0.3, 0.4) is 0 Å². The Bertz CT molecular complexity index is 184. The highest BCUT2D eigenvalue weighted by Crippen LogP contribution is 1.62. The molecule has 82 valence electrons. The third-order valence-electron chi connectivity index (χ3n) is 0.870. The molecule has 0 spiro atoms. The Kier molecular flexibility index (Phi) is 12.4. The summed E-state index contributed by atoms with van der Waals surface area (Å²) < 4.78 is 0. The van der Waals surface area contributed by atoms with Gasteiger partial charge in [0.25, 0.3) is 0 Å². The van der Waals surface area contributed by atoms with E-state index in [4.69, 9.17) is 9.90 Å². The van der Waals surface area contributed by atoms with Crippen molar-refractivity contribution >= 4 is 18.2 Å². The van der Waals surface area contributed by atoms with Crippen LogP contribution in [0, 0.1) is 0 Å². The van der Waals surface area contributed by atoms with Crippen molar-refractivity contribution in [2.75, 3.05) is 26.7 Å². The largest absolute Gasteiger partial charge is 0.480 e. The quantitative estimate of drug-likeness (QED) is 0.370. The first-order valence-corrected chi connectivity index (χ1v) is 3.85. The summed E-state index contributed by atoms with van der Waals surface area (Å²) in [5.41, 5.74) is 4.66. The van der Waals surface area contributed by atoms with Crippen LogP contribution in [0.1, 0.15) is 0 Å². The van der Waals surface area contributed by atoms with Gasteiger partial charge in [0.05, 0.1) is 6.54 Å². The molecule has 0 aromatic carbocycles. The molecule has 0 aromatic rings. The molecule has 0 fully saturated rings. The third-order valence-corrected chi connectivity index (χ3v) is 0.870. The van der Waals surface area contributed by atoms with Gasteiger partial charge in [0.1, 0.15) is 12.8 Å². The highest BCUT2D eigenvalue weighted by Gasteiger charge is 2.00. The zero-order valence-corrected chi connectivity index (χ0v) is 7.95. The Morgan fingerprint density at radius 2 is 1.93 bits per heavy atom. The monoisotopic (exact) mass is 205 g/mol. The molecule has 0 atom stereocenters. The van der Waals surface area contributed by atoms with Crippen LogP contribution in [-0.2, 0) is 14.4 Å². The van der Waals surface area contributed by atoms with Gasteiger partial charge in [-0.05, 0) is 7.05 Å². The van der Waals surface area contributed by atoms with Crippen molar-refractivity contribution < 1.29 is 19.5 Å². The fourth-order valence-corrected chi connectivity index (χ4v) is 0.397. The number of carboxylic acids is 1. The van der Waals surface area contributed by atoms with E-state index in [1.165, 1.54) is 0 Å². The van der Waals surface area contributed by atoms with Gasteiger partial charge in [-0.15, -0.1) is 0 Å². The Morgan fingerprint density at radius 3 is 2.21 bits per heavy atom. The highest BCUT2D eigenvalue weighted by molar-refractivity contribution is 5.82. The number of nitrogens with one attached hydrogen (secondary N) is 2. The molecule has 0 saturated carbocycles. The normalized spacial score (nSPS) is 8.14. The summed E-state index contributed by atoms with van der Waals surface area (Å²) >= 11 is 0. The van der Waals surface area contributed by atoms with Crippen molar-refractivity contribution in [2.45, 2.75) is 0 Å². The minimum absolute atomic E-state index is 0.139. The molecule has 0 heterocycles. The van der Waals surface area contributed by atoms with Gasteiger partial charge in [0.15, 0.2) is 0 Å². The molecule has 7 heteroatoms. The van der Waals surface area contributed by atoms with E-state index in [0.29, 0.717) is 6.29 Å². The summed E-state index contributed by atoms with van der Waals surface area (Å²) in [5.74, 6) is -1.35. The molecule has 0 aliphatic carbocycles. The lowest BCUT2D eigenvalue weighted by atomic mass is 10.5. The van der Waals surface area contributed by atoms with E-state index in [9.17, 15) is 9.59 Å². The zero-order chi connectivity index (χ0) is 11.4. The van der Waals surface area contributed by atoms with Gasteiger partial charge in [0, 0.05) is 6.54 Å². The van der Waals surface area contributed by atoms with Gasteiger partial charge in [-0.2, -0.15) is 0 Å². The number of carbonyl (C=O) groups excluding carboxylic acids is 2. The first-order chi connectivity index (χ1) is 6.58. The number of nitrogens with two attached hydrogens (primary N) is 1. The van der Waals surface area contributed by atoms with E-state index in [2.05, 4.69) is 16.4 Å². The number of aliphatic carboxylic acids is 1. The number of carbonyl (C=O) groups is 3. The number of amides is 1. The van der Waals surface area contributed by atoms with Crippen molar-refractivity contribution in [1.29, 1.82) is 0 Å². The molecule has 0 aliphatic rings. The lowest BCUT2D eigenvalue weighted by molar-refractivity contribution is -0.137. The Hall–Kier alpha value is -1.47. The van der Waals surface area contributed by atoms with E-state index in [-0.39, 0.29) is 25.5 Å². The fraction of sp³-hybridized carbons (Fsp3) is 0.571. The molecule has 0 bridgehead atoms. The second-order valence-corrected chi connectivity index (χ2v) is 2.10. The van der Waals surface area contributed by atoms with Crippen molar-refractivity contribution in [3.8, 4) is 0 Å². The minimum atomic E-state index is -1.04. The van der Waals surface area contributed by atoms with Gasteiger partial charge in [-0.3, -0.25) is 9.59 Å². The van der Waals surface area contributed by atoms with Crippen LogP contribution in [-0.4, -0.2) is 50.0 Å². The van der Waals surface area contributed by atoms with Crippen LogP contribution in [0.4, 0.5) is 0 Å². The second-order valence-electron chi connectivity index (χ2n) is 2.10. The van der Waals surface area contributed by atoms with Crippen molar-refractivity contribution in [2.24, 2.45) is 5.73 Å². The van der Waals surface area contributed by atoms with Crippen molar-refractivity contribution in [1.82, 2.24) is 10.6 Å². The molecule has 0 unspecified atom stereocenters. The first-order valence-electron chi connectivity index (χ1n) is 3.85. The maximum Gasteiger partial charge on any atom is 0.322 e. The van der Waals surface area contributed by atoms with Gasteiger partial charge in [-0.1, -0.05) is 0 Å². The van der Waals surface area contributed by atoms with Gasteiger partial charge >= 0.3 is 5.97 Å². The minimum Gasteiger partial charge on any atom is -0.480 e. The molecule has 0 aromatic heterocycles. The number of hydrogen-bond donors (Lipinski definition) is 4. The molecular weight excluding hydrogens is 190 g/mol. The summed E-state index contributed by atoms with van der Waals surface area (Å²) in [6, 6.07) is 0. The second kappa shape index (κ2) is 11.5. The number of rotatable bonds is 5. The number of hydrogen-bond acceptors (Lipinski definition) is 5. The van der Waals surface area contributed by atoms with E-state index in [1.807, 2.05) is 0 Å². The lowest BCUT2D eigenvalue weighted by Crippen LogP contribution is -2.35. The van der Waals surface area contributed by atoms with Crippen LogP contribution in [0.2, 0.25) is 0 Å². The Labute approximate surface area is 81.7 Å². The lowest BCUT2D eigenvalue weighted by Gasteiger charge is -1.99. The van der Waals surface area contributed by atoms with Gasteiger partial charge < -0.3 is 26.3 Å². The maximum absolute atomic E-state index is 10.5. The molecule has 0 rings (SSSR count). The topological polar surface area (TPSA) is 122 Å². The maximum atomic E-state index is 10.5. The first kappa shape index (κ1) is 15.0. The molecule has 0 saturated heterocycles. The zero-order valence-electron chi connectivity index (χ0n) is 7.95. The molecule has 1 amide bonds. The van der Waals surface area contributed by atoms with Crippen molar-refractivity contribution in [3.63, 3.8) is 0 Å². The fourth-order valence-electron chi connectivity index (χ4n) is 0.397. The predicted molar refractivity (Wildman–Crippen MR) is 49.7 cm³/mol. The summed E-state index contributed by atoms with van der Waals surface area (Å²) in [6.45, 7) is -0.0339. The summed E-state index contributed by atoms with van der Waals surface area (Å²) in [4.78, 5) is 29.4. The highest BCUT2D eigenvalue weighted by atomic mass is 16.4. The standard InChI is InChI=1S/C5H10N2O3.C2H5NO/c1-6-2-4(8)7-3-5(9)10;3-1-2-4/h6H,2-3H2,1H3,(H,7,8)(H,9,10);2H,1,3H2. The van der Waals surface area contributed by atoms with Crippen LogP contribution < -0.4 is 16.4 Å². The SMILES string of the molecule is CNCC(=O)NCC(=O)O.NCC=O. The van der Waals surface area contributed by atoms with E-state index in [0.717, 1.165) is 0 Å². The molecule has 0 aliphatic heterocycles. The average Bonchev–Trinajstić information content (AvgIpc) is 2.16. The Balaban J connectivity index is 0. The molecule has 14 heavy (non-hydrogen) atoms. The number of aldehydes is 1. The van der Waals surface area contributed by atoms with Gasteiger partial charge in [-0.25, -0.2) is 0 Å². The third kappa shape index (κ3) is 16.9. The average molecular weight is 205 g/mol. The van der Waals surface area contributed by atoms with Crippen LogP contribution in [0.5, 0.6) is 0 Å². The van der Waals surface area contributed by atoms with Crippen LogP contribution >= 0.6 is 0 Å². The number of carboxylic acid groups (broad SMARTS) is 1. The molecule has 0 radical (unpaired) electrons. The van der Waals surface area contributed by atoms with Crippen LogP contribution in [0.25, 0.3) is 0 Å². The predicted octanol–water partition coefficient (Wildman–Crippen LogP) is -2.45. The van der Waals surface area contributed by atoms with Crippen molar-refractivity contribution in [3.05, 3.63) is 0 Å².